The number of carbonyl (C=O) groups is 1. The zero-order chi connectivity index (χ0) is 10.6. The average molecular weight is 223 g/mol. The maximum Gasteiger partial charge on any atom is 0.389 e. The fourth-order valence-electron chi connectivity index (χ4n) is 0.686. The van der Waals surface area contributed by atoms with Gasteiger partial charge in [-0.3, -0.25) is 0 Å². The van der Waals surface area contributed by atoms with Crippen molar-refractivity contribution in [3.8, 4) is 5.19 Å². The summed E-state index contributed by atoms with van der Waals surface area (Å²) in [5, 5.41) is 1.05. The van der Waals surface area contributed by atoms with Crippen LogP contribution in [0.3, 0.4) is 0 Å². The highest BCUT2D eigenvalue weighted by molar-refractivity contribution is 7.11. The van der Waals surface area contributed by atoms with Gasteiger partial charge in [-0.25, -0.2) is 4.79 Å². The topological polar surface area (TPSA) is 48.4 Å². The Bertz CT molecular complexity index is 316. The second-order valence-electron chi connectivity index (χ2n) is 2.10. The molecule has 1 aromatic rings. The molecule has 0 spiro atoms. The Hall–Kier alpha value is -1.24. The fourth-order valence-corrected chi connectivity index (χ4v) is 1.33. The van der Waals surface area contributed by atoms with Crippen LogP contribution in [-0.4, -0.2) is 24.2 Å². The first-order valence-electron chi connectivity index (χ1n) is 3.71. The highest BCUT2D eigenvalue weighted by atomic mass is 32.1. The van der Waals surface area contributed by atoms with Crippen LogP contribution < -0.4 is 4.74 Å². The predicted molar refractivity (Wildman–Crippen MR) is 44.7 cm³/mol. The van der Waals surface area contributed by atoms with Gasteiger partial charge in [-0.1, -0.05) is 11.3 Å². The summed E-state index contributed by atoms with van der Waals surface area (Å²) in [5.74, 6) is -0.645. The SMILES string of the molecule is CCOC(=O)c1csc(OC(F)F)n1. The molecular weight excluding hydrogens is 216 g/mol. The Morgan fingerprint density at radius 1 is 1.71 bits per heavy atom. The van der Waals surface area contributed by atoms with Crippen LogP contribution in [0.25, 0.3) is 0 Å². The summed E-state index contributed by atoms with van der Waals surface area (Å²) in [6.45, 7) is -1.08. The zero-order valence-electron chi connectivity index (χ0n) is 7.20. The molecule has 0 aliphatic rings. The summed E-state index contributed by atoms with van der Waals surface area (Å²) in [7, 11) is 0. The molecule has 0 aliphatic heterocycles. The minimum atomic E-state index is -2.93. The Kier molecular flexibility index (Phi) is 3.75. The number of nitrogens with zero attached hydrogens (tertiary/aromatic N) is 1. The van der Waals surface area contributed by atoms with E-state index < -0.39 is 12.6 Å². The Morgan fingerprint density at radius 2 is 2.43 bits per heavy atom. The van der Waals surface area contributed by atoms with Crippen molar-refractivity contribution in [2.24, 2.45) is 0 Å². The smallest absolute Gasteiger partial charge is 0.389 e. The molecule has 0 aromatic carbocycles. The van der Waals surface area contributed by atoms with Crippen LogP contribution in [0.1, 0.15) is 17.4 Å². The number of alkyl halides is 2. The van der Waals surface area contributed by atoms with Gasteiger partial charge in [0.2, 0.25) is 0 Å². The molecule has 1 heterocycles. The zero-order valence-corrected chi connectivity index (χ0v) is 8.01. The van der Waals surface area contributed by atoms with Crippen molar-refractivity contribution in [1.82, 2.24) is 4.98 Å². The summed E-state index contributed by atoms with van der Waals surface area (Å²) >= 11 is 0.818. The lowest BCUT2D eigenvalue weighted by atomic mass is 10.5. The molecular formula is C7H7F2NO3S. The third-order valence-electron chi connectivity index (χ3n) is 1.16. The maximum absolute atomic E-state index is 11.7. The number of hydrogen-bond acceptors (Lipinski definition) is 5. The van der Waals surface area contributed by atoms with Crippen LogP contribution in [0.4, 0.5) is 8.78 Å². The summed E-state index contributed by atoms with van der Waals surface area (Å²) in [6.07, 6.45) is 0. The van der Waals surface area contributed by atoms with Crippen LogP contribution in [0.5, 0.6) is 5.19 Å². The van der Waals surface area contributed by atoms with Gasteiger partial charge >= 0.3 is 12.6 Å². The van der Waals surface area contributed by atoms with Gasteiger partial charge in [-0.05, 0) is 6.92 Å². The molecule has 1 aromatic heterocycles. The summed E-state index contributed by atoms with van der Waals surface area (Å²) in [4.78, 5) is 14.5. The number of rotatable bonds is 4. The van der Waals surface area contributed by atoms with Crippen molar-refractivity contribution in [2.75, 3.05) is 6.61 Å². The van der Waals surface area contributed by atoms with Crippen LogP contribution in [0.2, 0.25) is 0 Å². The third-order valence-corrected chi connectivity index (χ3v) is 1.89. The molecule has 0 atom stereocenters. The lowest BCUT2D eigenvalue weighted by Crippen LogP contribution is -2.06. The lowest BCUT2D eigenvalue weighted by molar-refractivity contribution is -0.0500. The first kappa shape index (κ1) is 10.8. The molecule has 0 saturated heterocycles. The van der Waals surface area contributed by atoms with Crippen LogP contribution >= 0.6 is 11.3 Å². The van der Waals surface area contributed by atoms with E-state index in [2.05, 4.69) is 14.5 Å². The van der Waals surface area contributed by atoms with E-state index in [1.165, 1.54) is 5.38 Å². The first-order chi connectivity index (χ1) is 6.63. The van der Waals surface area contributed by atoms with E-state index in [-0.39, 0.29) is 17.5 Å². The molecule has 0 bridgehead atoms. The normalized spacial score (nSPS) is 10.3. The van der Waals surface area contributed by atoms with E-state index in [0.29, 0.717) is 0 Å². The van der Waals surface area contributed by atoms with Crippen molar-refractivity contribution in [3.05, 3.63) is 11.1 Å². The molecule has 0 unspecified atom stereocenters. The van der Waals surface area contributed by atoms with Gasteiger partial charge in [0.05, 0.1) is 6.61 Å². The molecule has 1 rings (SSSR count). The molecule has 78 valence electrons. The largest absolute Gasteiger partial charge is 0.461 e. The van der Waals surface area contributed by atoms with Crippen molar-refractivity contribution in [1.29, 1.82) is 0 Å². The molecule has 0 N–H and O–H groups in total. The minimum Gasteiger partial charge on any atom is -0.461 e. The van der Waals surface area contributed by atoms with E-state index in [4.69, 9.17) is 0 Å². The predicted octanol–water partition coefficient (Wildman–Crippen LogP) is 1.92. The Morgan fingerprint density at radius 3 is 3.00 bits per heavy atom. The second-order valence-corrected chi connectivity index (χ2v) is 2.92. The molecule has 4 nitrogen and oxygen atoms in total. The number of ether oxygens (including phenoxy) is 2. The molecule has 0 radical (unpaired) electrons. The molecule has 0 amide bonds. The lowest BCUT2D eigenvalue weighted by Gasteiger charge is -1.98. The summed E-state index contributed by atoms with van der Waals surface area (Å²) in [6, 6.07) is 0. The Labute approximate surface area is 82.5 Å². The monoisotopic (exact) mass is 223 g/mol. The quantitative estimate of drug-likeness (QED) is 0.731. The van der Waals surface area contributed by atoms with E-state index in [0.717, 1.165) is 11.3 Å². The van der Waals surface area contributed by atoms with Gasteiger partial charge in [-0.15, -0.1) is 0 Å². The van der Waals surface area contributed by atoms with Gasteiger partial charge in [0.15, 0.2) is 5.69 Å². The number of carbonyl (C=O) groups excluding carboxylic acids is 1. The number of halogens is 2. The van der Waals surface area contributed by atoms with Crippen LogP contribution in [-0.2, 0) is 4.74 Å². The first-order valence-corrected chi connectivity index (χ1v) is 4.59. The van der Waals surface area contributed by atoms with E-state index in [1.807, 2.05) is 0 Å². The minimum absolute atomic E-state index is 0.0208. The van der Waals surface area contributed by atoms with Crippen molar-refractivity contribution >= 4 is 17.3 Å². The van der Waals surface area contributed by atoms with E-state index in [9.17, 15) is 13.6 Å². The molecule has 7 heteroatoms. The van der Waals surface area contributed by atoms with Gasteiger partial charge in [0, 0.05) is 5.38 Å². The fraction of sp³-hybridized carbons (Fsp3) is 0.429. The van der Waals surface area contributed by atoms with E-state index >= 15 is 0 Å². The standard InChI is InChI=1S/C7H7F2NO3S/c1-2-12-5(11)4-3-14-7(10-4)13-6(8)9/h3,6H,2H2,1H3. The molecule has 14 heavy (non-hydrogen) atoms. The van der Waals surface area contributed by atoms with Crippen LogP contribution in [0, 0.1) is 0 Å². The number of hydrogen-bond donors (Lipinski definition) is 0. The number of esters is 1. The third kappa shape index (κ3) is 2.91. The van der Waals surface area contributed by atoms with Gasteiger partial charge in [0.1, 0.15) is 0 Å². The highest BCUT2D eigenvalue weighted by Crippen LogP contribution is 2.20. The molecule has 0 saturated carbocycles. The van der Waals surface area contributed by atoms with Gasteiger partial charge < -0.3 is 9.47 Å². The maximum atomic E-state index is 11.7. The van der Waals surface area contributed by atoms with E-state index in [1.54, 1.807) is 6.92 Å². The van der Waals surface area contributed by atoms with Gasteiger partial charge in [0.25, 0.3) is 5.19 Å². The van der Waals surface area contributed by atoms with Gasteiger partial charge in [-0.2, -0.15) is 13.8 Å². The van der Waals surface area contributed by atoms with Crippen molar-refractivity contribution in [2.45, 2.75) is 13.5 Å². The van der Waals surface area contributed by atoms with Crippen LogP contribution in [0.15, 0.2) is 5.38 Å². The second kappa shape index (κ2) is 4.85. The highest BCUT2D eigenvalue weighted by Gasteiger charge is 2.14. The van der Waals surface area contributed by atoms with Crippen molar-refractivity contribution in [3.63, 3.8) is 0 Å². The van der Waals surface area contributed by atoms with Crippen molar-refractivity contribution < 1.29 is 23.0 Å². The summed E-state index contributed by atoms with van der Waals surface area (Å²) < 4.78 is 32.0. The average Bonchev–Trinajstić information content (AvgIpc) is 2.52. The number of aromatic nitrogens is 1. The Balaban J connectivity index is 2.63. The molecule has 0 aliphatic carbocycles. The summed E-state index contributed by atoms with van der Waals surface area (Å²) in [5.41, 5.74) is -0.0208. The molecule has 0 fully saturated rings. The number of thiazole rings is 1.